The molecule has 2 heterocycles. The maximum absolute atomic E-state index is 13.1. The Labute approximate surface area is 130 Å². The summed E-state index contributed by atoms with van der Waals surface area (Å²) in [6.07, 6.45) is 1.90. The second kappa shape index (κ2) is 4.92. The Bertz CT molecular complexity index is 1010. The van der Waals surface area contributed by atoms with Gasteiger partial charge in [-0.15, -0.1) is 0 Å². The lowest BCUT2D eigenvalue weighted by molar-refractivity contribution is 0.627. The number of aromatic amines is 2. The molecule has 0 bridgehead atoms. The fourth-order valence-electron chi connectivity index (χ4n) is 2.56. The topological polar surface area (TPSA) is 49.4 Å². The van der Waals surface area contributed by atoms with E-state index >= 15 is 0 Å². The molecule has 0 unspecified atom stereocenters. The number of benzene rings is 2. The van der Waals surface area contributed by atoms with Crippen LogP contribution in [0.2, 0.25) is 0 Å². The quantitative estimate of drug-likeness (QED) is 0.545. The van der Waals surface area contributed by atoms with Crippen LogP contribution in [0.5, 0.6) is 0 Å². The zero-order chi connectivity index (χ0) is 15.1. The third-order valence-electron chi connectivity index (χ3n) is 3.59. The van der Waals surface area contributed by atoms with Gasteiger partial charge in [0.1, 0.15) is 5.82 Å². The highest BCUT2D eigenvalue weighted by molar-refractivity contribution is 7.71. The first-order valence-electron chi connectivity index (χ1n) is 6.74. The third kappa shape index (κ3) is 1.96. The first-order valence-corrected chi connectivity index (χ1v) is 7.15. The summed E-state index contributed by atoms with van der Waals surface area (Å²) in [7, 11) is 0. The number of fused-ring (bicyclic) bond motifs is 1. The number of H-pyrrole nitrogens is 2. The molecule has 4 aromatic rings. The smallest absolute Gasteiger partial charge is 0.200 e. The van der Waals surface area contributed by atoms with Gasteiger partial charge in [-0.2, -0.15) is 5.10 Å². The van der Waals surface area contributed by atoms with Crippen molar-refractivity contribution in [3.63, 3.8) is 0 Å². The molecule has 108 valence electrons. The van der Waals surface area contributed by atoms with Crippen molar-refractivity contribution in [2.45, 2.75) is 0 Å². The number of aromatic nitrogens is 4. The van der Waals surface area contributed by atoms with E-state index in [0.717, 1.165) is 22.2 Å². The summed E-state index contributed by atoms with van der Waals surface area (Å²) in [4.78, 5) is 3.22. The standard InChI is InChI=1S/C16H11FN4S/c17-10-5-7-11(8-6-10)21-15(19-20-16(21)22)13-9-18-14-4-2-1-3-12(13)14/h1-9,18H,(H,20,22). The summed E-state index contributed by atoms with van der Waals surface area (Å²) in [5.41, 5.74) is 2.73. The Hall–Kier alpha value is -2.73. The molecular weight excluding hydrogens is 299 g/mol. The zero-order valence-corrected chi connectivity index (χ0v) is 12.2. The molecule has 2 aromatic heterocycles. The van der Waals surface area contributed by atoms with E-state index in [1.807, 2.05) is 30.5 Å². The van der Waals surface area contributed by atoms with Crippen LogP contribution >= 0.6 is 12.2 Å². The van der Waals surface area contributed by atoms with E-state index in [1.165, 1.54) is 12.1 Å². The highest BCUT2D eigenvalue weighted by Gasteiger charge is 2.14. The number of para-hydroxylation sites is 1. The van der Waals surface area contributed by atoms with Gasteiger partial charge in [0, 0.05) is 22.7 Å². The molecule has 2 N–H and O–H groups in total. The fraction of sp³-hybridized carbons (Fsp3) is 0. The van der Waals surface area contributed by atoms with E-state index in [2.05, 4.69) is 15.2 Å². The lowest BCUT2D eigenvalue weighted by Crippen LogP contribution is -1.97. The third-order valence-corrected chi connectivity index (χ3v) is 3.86. The van der Waals surface area contributed by atoms with E-state index in [0.29, 0.717) is 10.6 Å². The summed E-state index contributed by atoms with van der Waals surface area (Å²) in [5.74, 6) is 0.404. The van der Waals surface area contributed by atoms with Gasteiger partial charge in [-0.05, 0) is 42.5 Å². The highest BCUT2D eigenvalue weighted by Crippen LogP contribution is 2.28. The summed E-state index contributed by atoms with van der Waals surface area (Å²) in [6.45, 7) is 0. The maximum Gasteiger partial charge on any atom is 0.200 e. The van der Waals surface area contributed by atoms with Crippen molar-refractivity contribution in [2.75, 3.05) is 0 Å². The van der Waals surface area contributed by atoms with E-state index in [9.17, 15) is 4.39 Å². The Kier molecular flexibility index (Phi) is 2.90. The van der Waals surface area contributed by atoms with Crippen molar-refractivity contribution in [1.29, 1.82) is 0 Å². The zero-order valence-electron chi connectivity index (χ0n) is 11.4. The molecule has 0 spiro atoms. The predicted octanol–water partition coefficient (Wildman–Crippen LogP) is 4.22. The number of hydrogen-bond acceptors (Lipinski definition) is 2. The van der Waals surface area contributed by atoms with Crippen LogP contribution in [0.3, 0.4) is 0 Å². The summed E-state index contributed by atoms with van der Waals surface area (Å²) < 4.78 is 15.4. The van der Waals surface area contributed by atoms with Crippen molar-refractivity contribution in [1.82, 2.24) is 19.7 Å². The molecule has 0 radical (unpaired) electrons. The van der Waals surface area contributed by atoms with Crippen molar-refractivity contribution in [3.8, 4) is 17.1 Å². The molecule has 4 nitrogen and oxygen atoms in total. The lowest BCUT2D eigenvalue weighted by Gasteiger charge is -2.06. The average molecular weight is 310 g/mol. The molecular formula is C16H11FN4S. The molecule has 2 aromatic carbocycles. The van der Waals surface area contributed by atoms with Crippen molar-refractivity contribution < 1.29 is 4.39 Å². The maximum atomic E-state index is 13.1. The van der Waals surface area contributed by atoms with Gasteiger partial charge in [0.05, 0.1) is 5.69 Å². The molecule has 4 rings (SSSR count). The molecule has 0 aliphatic carbocycles. The van der Waals surface area contributed by atoms with Gasteiger partial charge in [-0.25, -0.2) is 4.39 Å². The minimum Gasteiger partial charge on any atom is -0.360 e. The molecule has 0 atom stereocenters. The van der Waals surface area contributed by atoms with E-state index in [4.69, 9.17) is 12.2 Å². The molecule has 0 saturated carbocycles. The van der Waals surface area contributed by atoms with Crippen LogP contribution in [0.25, 0.3) is 28.0 Å². The Morgan fingerprint density at radius 1 is 1.05 bits per heavy atom. The van der Waals surface area contributed by atoms with Gasteiger partial charge in [0.2, 0.25) is 0 Å². The number of halogens is 1. The van der Waals surface area contributed by atoms with Gasteiger partial charge in [0.25, 0.3) is 0 Å². The van der Waals surface area contributed by atoms with Crippen molar-refractivity contribution in [3.05, 3.63) is 65.3 Å². The van der Waals surface area contributed by atoms with Crippen molar-refractivity contribution >= 4 is 23.1 Å². The van der Waals surface area contributed by atoms with E-state index < -0.39 is 0 Å². The number of rotatable bonds is 2. The largest absolute Gasteiger partial charge is 0.360 e. The number of hydrogen-bond donors (Lipinski definition) is 2. The molecule has 22 heavy (non-hydrogen) atoms. The number of nitrogens with one attached hydrogen (secondary N) is 2. The fourth-order valence-corrected chi connectivity index (χ4v) is 2.80. The molecule has 0 aliphatic heterocycles. The average Bonchev–Trinajstić information content (AvgIpc) is 3.12. The van der Waals surface area contributed by atoms with Gasteiger partial charge in [-0.3, -0.25) is 9.67 Å². The minimum atomic E-state index is -0.285. The molecule has 0 aliphatic rings. The highest BCUT2D eigenvalue weighted by atomic mass is 32.1. The minimum absolute atomic E-state index is 0.285. The summed E-state index contributed by atoms with van der Waals surface area (Å²) in [5, 5.41) is 8.21. The van der Waals surface area contributed by atoms with Crippen LogP contribution in [0, 0.1) is 10.6 Å². The monoisotopic (exact) mass is 310 g/mol. The van der Waals surface area contributed by atoms with E-state index in [-0.39, 0.29) is 5.82 Å². The second-order valence-corrected chi connectivity index (χ2v) is 5.30. The first kappa shape index (κ1) is 13.0. The van der Waals surface area contributed by atoms with Crippen LogP contribution in [0.4, 0.5) is 4.39 Å². The number of nitrogens with zero attached hydrogens (tertiary/aromatic N) is 2. The normalized spacial score (nSPS) is 11.1. The van der Waals surface area contributed by atoms with Crippen molar-refractivity contribution in [2.24, 2.45) is 0 Å². The molecule has 0 saturated heterocycles. The van der Waals surface area contributed by atoms with Gasteiger partial charge in [0.15, 0.2) is 10.6 Å². The van der Waals surface area contributed by atoms with Crippen LogP contribution in [-0.2, 0) is 0 Å². The summed E-state index contributed by atoms with van der Waals surface area (Å²) in [6, 6.07) is 14.1. The van der Waals surface area contributed by atoms with Crippen LogP contribution < -0.4 is 0 Å². The predicted molar refractivity (Wildman–Crippen MR) is 86.0 cm³/mol. The van der Waals surface area contributed by atoms with Gasteiger partial charge >= 0.3 is 0 Å². The Morgan fingerprint density at radius 3 is 2.64 bits per heavy atom. The molecule has 0 amide bonds. The van der Waals surface area contributed by atoms with Gasteiger partial charge < -0.3 is 4.98 Å². The van der Waals surface area contributed by atoms with Crippen LogP contribution in [0.15, 0.2) is 54.7 Å². The van der Waals surface area contributed by atoms with Gasteiger partial charge in [-0.1, -0.05) is 18.2 Å². The Balaban J connectivity index is 1.97. The molecule has 0 fully saturated rings. The van der Waals surface area contributed by atoms with Crippen LogP contribution in [0.1, 0.15) is 0 Å². The second-order valence-electron chi connectivity index (χ2n) is 4.91. The SMILES string of the molecule is Fc1ccc(-n2c(-c3c[nH]c4ccccc34)n[nH]c2=S)cc1. The molecule has 6 heteroatoms. The Morgan fingerprint density at radius 2 is 1.82 bits per heavy atom. The van der Waals surface area contributed by atoms with Crippen LogP contribution in [-0.4, -0.2) is 19.7 Å². The van der Waals surface area contributed by atoms with E-state index in [1.54, 1.807) is 16.7 Å². The lowest BCUT2D eigenvalue weighted by atomic mass is 10.1. The summed E-state index contributed by atoms with van der Waals surface area (Å²) >= 11 is 5.33. The first-order chi connectivity index (χ1) is 10.7.